The number of carboxylic acid groups (broad SMARTS) is 1. The summed E-state index contributed by atoms with van der Waals surface area (Å²) >= 11 is 1.62. The summed E-state index contributed by atoms with van der Waals surface area (Å²) in [6, 6.07) is 3.31. The van der Waals surface area contributed by atoms with Crippen LogP contribution in [0.4, 0.5) is 0 Å². The molecule has 0 aromatic carbocycles. The van der Waals surface area contributed by atoms with E-state index in [1.54, 1.807) is 11.3 Å². The topological polar surface area (TPSA) is 76.5 Å². The predicted molar refractivity (Wildman–Crippen MR) is 59.6 cm³/mol. The number of hydrogen-bond donors (Lipinski definition) is 2. The largest absolute Gasteiger partial charge is 0.475 e. The molecule has 0 saturated carbocycles. The number of hydrogen-bond acceptors (Lipinski definition) is 4. The molecule has 82 valence electrons. The van der Waals surface area contributed by atoms with E-state index < -0.39 is 5.97 Å². The Morgan fingerprint density at radius 1 is 1.62 bits per heavy atom. The van der Waals surface area contributed by atoms with E-state index in [1.807, 2.05) is 11.4 Å². The Morgan fingerprint density at radius 2 is 2.44 bits per heavy atom. The van der Waals surface area contributed by atoms with Crippen LogP contribution in [0.2, 0.25) is 0 Å². The summed E-state index contributed by atoms with van der Waals surface area (Å²) in [5.74, 6) is -0.481. The molecule has 2 aromatic rings. The standard InChI is InChI=1S/C11H9NO3S/c12-7-4-9-5(1-2-16-9)10-6(7)3-8(15-10)11(13)14/h1-3,7H,4,12H2,(H,13,14). The Balaban J connectivity index is 2.23. The fraction of sp³-hybridized carbons (Fsp3) is 0.182. The lowest BCUT2D eigenvalue weighted by molar-refractivity contribution is 0.0663. The van der Waals surface area contributed by atoms with Gasteiger partial charge in [0.05, 0.1) is 0 Å². The lowest BCUT2D eigenvalue weighted by atomic mass is 9.93. The average molecular weight is 235 g/mol. The van der Waals surface area contributed by atoms with Crippen molar-refractivity contribution in [3.8, 4) is 11.3 Å². The number of rotatable bonds is 1. The highest BCUT2D eigenvalue weighted by Crippen LogP contribution is 2.41. The highest BCUT2D eigenvalue weighted by atomic mass is 32.1. The van der Waals surface area contributed by atoms with Crippen LogP contribution in [0.5, 0.6) is 0 Å². The van der Waals surface area contributed by atoms with Crippen LogP contribution in [0.1, 0.15) is 27.0 Å². The van der Waals surface area contributed by atoms with Gasteiger partial charge in [-0.05, 0) is 17.5 Å². The summed E-state index contributed by atoms with van der Waals surface area (Å²) in [6.45, 7) is 0. The van der Waals surface area contributed by atoms with Gasteiger partial charge >= 0.3 is 5.97 Å². The summed E-state index contributed by atoms with van der Waals surface area (Å²) in [6.07, 6.45) is 0.749. The maximum absolute atomic E-state index is 10.8. The minimum absolute atomic E-state index is 0.0421. The maximum Gasteiger partial charge on any atom is 0.371 e. The number of aromatic carboxylic acids is 1. The zero-order valence-electron chi connectivity index (χ0n) is 8.27. The van der Waals surface area contributed by atoms with Crippen LogP contribution in [0.15, 0.2) is 21.9 Å². The second-order valence-electron chi connectivity index (χ2n) is 3.77. The third-order valence-electron chi connectivity index (χ3n) is 2.77. The molecule has 0 aliphatic heterocycles. The zero-order chi connectivity index (χ0) is 11.3. The number of carboxylic acids is 1. The van der Waals surface area contributed by atoms with Crippen molar-refractivity contribution in [2.24, 2.45) is 5.73 Å². The third kappa shape index (κ3) is 1.22. The van der Waals surface area contributed by atoms with E-state index in [-0.39, 0.29) is 11.8 Å². The normalized spacial score (nSPS) is 17.9. The van der Waals surface area contributed by atoms with Crippen LogP contribution in [0.25, 0.3) is 11.3 Å². The summed E-state index contributed by atoms with van der Waals surface area (Å²) in [7, 11) is 0. The molecule has 5 heteroatoms. The van der Waals surface area contributed by atoms with Gasteiger partial charge in [-0.25, -0.2) is 4.79 Å². The van der Waals surface area contributed by atoms with E-state index >= 15 is 0 Å². The van der Waals surface area contributed by atoms with Crippen molar-refractivity contribution in [2.45, 2.75) is 12.5 Å². The molecular formula is C11H9NO3S. The molecule has 0 saturated heterocycles. The molecule has 2 heterocycles. The van der Waals surface area contributed by atoms with Crippen molar-refractivity contribution in [1.82, 2.24) is 0 Å². The summed E-state index contributed by atoms with van der Waals surface area (Å²) in [4.78, 5) is 12.0. The second kappa shape index (κ2) is 3.20. The molecule has 1 aliphatic rings. The quantitative estimate of drug-likeness (QED) is 0.794. The summed E-state index contributed by atoms with van der Waals surface area (Å²) < 4.78 is 5.35. The van der Waals surface area contributed by atoms with Gasteiger partial charge in [-0.2, -0.15) is 0 Å². The van der Waals surface area contributed by atoms with Crippen molar-refractivity contribution in [1.29, 1.82) is 0 Å². The number of carbonyl (C=O) groups is 1. The molecule has 1 aliphatic carbocycles. The van der Waals surface area contributed by atoms with Gasteiger partial charge in [-0.1, -0.05) is 0 Å². The van der Waals surface area contributed by atoms with E-state index in [0.29, 0.717) is 5.76 Å². The minimum atomic E-state index is -1.06. The molecule has 16 heavy (non-hydrogen) atoms. The van der Waals surface area contributed by atoms with E-state index in [0.717, 1.165) is 22.4 Å². The predicted octanol–water partition coefficient (Wildman–Crippen LogP) is 2.26. The molecule has 1 unspecified atom stereocenters. The summed E-state index contributed by atoms with van der Waals surface area (Å²) in [5, 5.41) is 10.9. The molecule has 0 bridgehead atoms. The van der Waals surface area contributed by atoms with Crippen LogP contribution in [-0.4, -0.2) is 11.1 Å². The molecule has 0 amide bonds. The molecule has 3 rings (SSSR count). The van der Waals surface area contributed by atoms with Crippen LogP contribution in [-0.2, 0) is 6.42 Å². The number of fused-ring (bicyclic) bond motifs is 3. The fourth-order valence-corrected chi connectivity index (χ4v) is 2.94. The highest BCUT2D eigenvalue weighted by molar-refractivity contribution is 7.10. The Labute approximate surface area is 95.3 Å². The number of furan rings is 1. The summed E-state index contributed by atoms with van der Waals surface area (Å²) in [5.41, 5.74) is 7.76. The van der Waals surface area contributed by atoms with Crippen molar-refractivity contribution in [3.63, 3.8) is 0 Å². The van der Waals surface area contributed by atoms with E-state index in [9.17, 15) is 4.79 Å². The minimum Gasteiger partial charge on any atom is -0.475 e. The maximum atomic E-state index is 10.8. The molecule has 0 fully saturated rings. The Bertz CT molecular complexity index is 570. The van der Waals surface area contributed by atoms with Gasteiger partial charge in [0.15, 0.2) is 0 Å². The van der Waals surface area contributed by atoms with Crippen LogP contribution >= 0.6 is 11.3 Å². The fourth-order valence-electron chi connectivity index (χ4n) is 2.01. The highest BCUT2D eigenvalue weighted by Gasteiger charge is 2.28. The third-order valence-corrected chi connectivity index (χ3v) is 3.71. The Morgan fingerprint density at radius 3 is 3.19 bits per heavy atom. The molecule has 1 atom stereocenters. The molecule has 3 N–H and O–H groups in total. The average Bonchev–Trinajstić information content (AvgIpc) is 2.80. The lowest BCUT2D eigenvalue weighted by Gasteiger charge is -2.17. The number of thiophene rings is 1. The second-order valence-corrected chi connectivity index (χ2v) is 4.77. The first-order valence-electron chi connectivity index (χ1n) is 4.86. The molecular weight excluding hydrogens is 226 g/mol. The smallest absolute Gasteiger partial charge is 0.371 e. The van der Waals surface area contributed by atoms with Gasteiger partial charge < -0.3 is 15.3 Å². The first-order valence-corrected chi connectivity index (χ1v) is 5.74. The Hall–Kier alpha value is -1.59. The van der Waals surface area contributed by atoms with Crippen molar-refractivity contribution < 1.29 is 14.3 Å². The first kappa shape index (κ1) is 9.62. The molecule has 4 nitrogen and oxygen atoms in total. The SMILES string of the molecule is NC1Cc2sccc2-c2oc(C(=O)O)cc21. The van der Waals surface area contributed by atoms with Gasteiger partial charge in [0.25, 0.3) is 0 Å². The van der Waals surface area contributed by atoms with Crippen molar-refractivity contribution >= 4 is 17.3 Å². The van der Waals surface area contributed by atoms with Crippen LogP contribution < -0.4 is 5.73 Å². The Kier molecular flexibility index (Phi) is 1.92. The van der Waals surface area contributed by atoms with E-state index in [1.165, 1.54) is 6.07 Å². The van der Waals surface area contributed by atoms with Gasteiger partial charge in [0.1, 0.15) is 5.76 Å². The van der Waals surface area contributed by atoms with Gasteiger partial charge in [-0.3, -0.25) is 0 Å². The van der Waals surface area contributed by atoms with E-state index in [2.05, 4.69) is 0 Å². The lowest BCUT2D eigenvalue weighted by Crippen LogP contribution is -2.16. The van der Waals surface area contributed by atoms with Gasteiger partial charge in [-0.15, -0.1) is 11.3 Å². The van der Waals surface area contributed by atoms with E-state index in [4.69, 9.17) is 15.3 Å². The van der Waals surface area contributed by atoms with Crippen LogP contribution in [0.3, 0.4) is 0 Å². The molecule has 0 radical (unpaired) electrons. The molecule has 2 aromatic heterocycles. The van der Waals surface area contributed by atoms with Gasteiger partial charge in [0, 0.05) is 28.5 Å². The molecule has 0 spiro atoms. The zero-order valence-corrected chi connectivity index (χ0v) is 9.08. The van der Waals surface area contributed by atoms with Crippen LogP contribution in [0, 0.1) is 0 Å². The monoisotopic (exact) mass is 235 g/mol. The first-order chi connectivity index (χ1) is 7.66. The van der Waals surface area contributed by atoms with Crippen molar-refractivity contribution in [2.75, 3.05) is 0 Å². The van der Waals surface area contributed by atoms with Gasteiger partial charge in [0.2, 0.25) is 5.76 Å². The number of nitrogens with two attached hydrogens (primary N) is 1. The van der Waals surface area contributed by atoms with Crippen molar-refractivity contribution in [3.05, 3.63) is 33.7 Å².